The predicted octanol–water partition coefficient (Wildman–Crippen LogP) is 8.54. The Bertz CT molecular complexity index is 1720. The van der Waals surface area contributed by atoms with Crippen molar-refractivity contribution in [1.82, 2.24) is 0 Å². The maximum atomic E-state index is 12.9. The summed E-state index contributed by atoms with van der Waals surface area (Å²) < 4.78 is 35.6. The van der Waals surface area contributed by atoms with Crippen LogP contribution in [0.25, 0.3) is 11.1 Å². The fourth-order valence-corrected chi connectivity index (χ4v) is 5.75. The lowest BCUT2D eigenvalue weighted by molar-refractivity contribution is 0.114. The summed E-state index contributed by atoms with van der Waals surface area (Å²) in [7, 11) is -3.85. The number of benzene rings is 5. The summed E-state index contributed by atoms with van der Waals surface area (Å²) in [5.41, 5.74) is 8.39. The van der Waals surface area contributed by atoms with E-state index in [2.05, 4.69) is 77.2 Å². The van der Waals surface area contributed by atoms with E-state index in [0.717, 1.165) is 44.5 Å². The molecule has 0 aromatic heterocycles. The minimum atomic E-state index is -3.85. The molecule has 210 valence electrons. The largest absolute Gasteiger partial charge is 0.368 e. The lowest BCUT2D eigenvalue weighted by Crippen LogP contribution is -2.08. The Morgan fingerprint density at radius 1 is 0.643 bits per heavy atom. The topological polar surface area (TPSA) is 55.7 Å². The Morgan fingerprint density at radius 3 is 1.50 bits per heavy atom. The number of hydrogen-bond donors (Lipinski definition) is 0. The smallest absolute Gasteiger partial charge is 0.282 e. The van der Waals surface area contributed by atoms with Gasteiger partial charge in [-0.25, -0.2) is 0 Å². The molecule has 0 bridgehead atoms. The molecule has 0 N–H and O–H groups in total. The van der Waals surface area contributed by atoms with Crippen LogP contribution in [0.15, 0.2) is 149 Å². The number of rotatable bonds is 10. The van der Waals surface area contributed by atoms with Gasteiger partial charge in [-0.3, -0.25) is 0 Å². The van der Waals surface area contributed by atoms with Crippen LogP contribution in [0.1, 0.15) is 46.4 Å². The van der Waals surface area contributed by atoms with Crippen molar-refractivity contribution in [2.24, 2.45) is 4.40 Å². The van der Waals surface area contributed by atoms with Crippen molar-refractivity contribution in [2.45, 2.75) is 24.8 Å². The molecule has 0 aliphatic heterocycles. The summed E-state index contributed by atoms with van der Waals surface area (Å²) in [6.45, 7) is 4.20. The second kappa shape index (κ2) is 13.4. The molecule has 5 aromatic carbocycles. The van der Waals surface area contributed by atoms with Crippen LogP contribution < -0.4 is 0 Å². The first-order chi connectivity index (χ1) is 20.5. The van der Waals surface area contributed by atoms with Crippen LogP contribution in [-0.4, -0.2) is 21.2 Å². The fraction of sp³-hybridized carbons (Fsp3) is 0.108. The van der Waals surface area contributed by atoms with Gasteiger partial charge in [0.15, 0.2) is 0 Å². The molecule has 5 rings (SSSR count). The zero-order valence-corrected chi connectivity index (χ0v) is 24.5. The van der Waals surface area contributed by atoms with Crippen LogP contribution in [-0.2, 0) is 14.8 Å². The molecule has 5 heteroatoms. The summed E-state index contributed by atoms with van der Waals surface area (Å²) in [6, 6.07) is 45.9. The van der Waals surface area contributed by atoms with Gasteiger partial charge < -0.3 is 4.74 Å². The number of sulfonamides is 1. The molecule has 4 nitrogen and oxygen atoms in total. The van der Waals surface area contributed by atoms with Crippen LogP contribution in [0.2, 0.25) is 0 Å². The van der Waals surface area contributed by atoms with Gasteiger partial charge in [0.2, 0.25) is 0 Å². The Morgan fingerprint density at radius 2 is 1.07 bits per heavy atom. The molecule has 0 aliphatic carbocycles. The van der Waals surface area contributed by atoms with Crippen molar-refractivity contribution in [3.05, 3.63) is 173 Å². The highest BCUT2D eigenvalue weighted by Gasteiger charge is 2.18. The molecule has 0 saturated heterocycles. The maximum absolute atomic E-state index is 12.9. The van der Waals surface area contributed by atoms with Gasteiger partial charge in [-0.2, -0.15) is 12.8 Å². The number of ether oxygens (including phenoxy) is 1. The molecule has 42 heavy (non-hydrogen) atoms. The van der Waals surface area contributed by atoms with Crippen LogP contribution in [0.5, 0.6) is 0 Å². The Balaban J connectivity index is 1.58. The van der Waals surface area contributed by atoms with Crippen LogP contribution in [0.3, 0.4) is 0 Å². The van der Waals surface area contributed by atoms with Gasteiger partial charge in [-0.15, -0.1) is 0 Å². The first kappa shape index (κ1) is 28.9. The van der Waals surface area contributed by atoms with E-state index in [1.165, 1.54) is 6.21 Å². The minimum absolute atomic E-state index is 0.155. The number of nitrogens with zero attached hydrogens (tertiary/aromatic N) is 1. The molecule has 0 fully saturated rings. The molecule has 0 amide bonds. The lowest BCUT2D eigenvalue weighted by Gasteiger charge is -2.19. The second-order valence-electron chi connectivity index (χ2n) is 9.89. The zero-order valence-electron chi connectivity index (χ0n) is 23.7. The normalized spacial score (nSPS) is 12.2. The molecule has 0 spiro atoms. The summed E-state index contributed by atoms with van der Waals surface area (Å²) in [5.74, 6) is 0. The fourth-order valence-electron chi connectivity index (χ4n) is 4.88. The molecule has 0 saturated carbocycles. The van der Waals surface area contributed by atoms with E-state index in [1.807, 2.05) is 56.3 Å². The lowest BCUT2D eigenvalue weighted by atomic mass is 9.85. The Hall–Kier alpha value is -4.58. The van der Waals surface area contributed by atoms with Gasteiger partial charge in [-0.05, 0) is 64.9 Å². The Kier molecular flexibility index (Phi) is 9.22. The van der Waals surface area contributed by atoms with Crippen LogP contribution in [0, 0.1) is 6.92 Å². The highest BCUT2D eigenvalue weighted by Crippen LogP contribution is 2.37. The van der Waals surface area contributed by atoms with Crippen molar-refractivity contribution in [3.63, 3.8) is 0 Å². The van der Waals surface area contributed by atoms with Gasteiger partial charge >= 0.3 is 0 Å². The quantitative estimate of drug-likeness (QED) is 0.125. The van der Waals surface area contributed by atoms with Crippen molar-refractivity contribution in [1.29, 1.82) is 0 Å². The molecular formula is C37H33NO3S. The highest BCUT2D eigenvalue weighted by atomic mass is 32.2. The molecule has 1 unspecified atom stereocenters. The average molecular weight is 572 g/mol. The zero-order chi connectivity index (χ0) is 29.4. The number of aryl methyl sites for hydroxylation is 1. The van der Waals surface area contributed by atoms with E-state index in [4.69, 9.17) is 4.74 Å². The SMILES string of the molecule is CCOC(/C=N/S(=O)(=O)c1ccc(C)cc1)c1ccc(C(=C(c2ccccc2)c2ccccc2)c2ccccc2)cc1. The first-order valence-electron chi connectivity index (χ1n) is 14.0. The molecule has 5 aromatic rings. The van der Waals surface area contributed by atoms with E-state index >= 15 is 0 Å². The summed E-state index contributed by atoms with van der Waals surface area (Å²) in [5, 5.41) is 0. The van der Waals surface area contributed by atoms with E-state index in [-0.39, 0.29) is 4.90 Å². The third-order valence-electron chi connectivity index (χ3n) is 6.97. The Labute approximate surface area is 248 Å². The summed E-state index contributed by atoms with van der Waals surface area (Å²) in [6.07, 6.45) is 0.761. The van der Waals surface area contributed by atoms with E-state index in [0.29, 0.717) is 6.61 Å². The first-order valence-corrected chi connectivity index (χ1v) is 15.4. The van der Waals surface area contributed by atoms with Gasteiger partial charge in [0.25, 0.3) is 10.0 Å². The third kappa shape index (κ3) is 6.82. The van der Waals surface area contributed by atoms with Crippen LogP contribution in [0.4, 0.5) is 0 Å². The van der Waals surface area contributed by atoms with Crippen LogP contribution >= 0.6 is 0 Å². The minimum Gasteiger partial charge on any atom is -0.368 e. The van der Waals surface area contributed by atoms with Crippen molar-refractivity contribution in [3.8, 4) is 0 Å². The van der Waals surface area contributed by atoms with Crippen molar-refractivity contribution in [2.75, 3.05) is 6.61 Å². The van der Waals surface area contributed by atoms with Gasteiger partial charge in [0.05, 0.1) is 11.1 Å². The van der Waals surface area contributed by atoms with Crippen molar-refractivity contribution >= 4 is 27.4 Å². The van der Waals surface area contributed by atoms with Crippen molar-refractivity contribution < 1.29 is 13.2 Å². The third-order valence-corrected chi connectivity index (χ3v) is 8.23. The molecule has 0 aliphatic rings. The maximum Gasteiger partial charge on any atom is 0.282 e. The van der Waals surface area contributed by atoms with Gasteiger partial charge in [0, 0.05) is 6.61 Å². The van der Waals surface area contributed by atoms with E-state index < -0.39 is 16.1 Å². The predicted molar refractivity (Wildman–Crippen MR) is 172 cm³/mol. The second-order valence-corrected chi connectivity index (χ2v) is 11.5. The van der Waals surface area contributed by atoms with Gasteiger partial charge in [-0.1, -0.05) is 133 Å². The highest BCUT2D eigenvalue weighted by molar-refractivity contribution is 7.90. The molecular weight excluding hydrogens is 538 g/mol. The molecule has 1 atom stereocenters. The van der Waals surface area contributed by atoms with Gasteiger partial charge in [0.1, 0.15) is 6.10 Å². The summed E-state index contributed by atoms with van der Waals surface area (Å²) in [4.78, 5) is 0.155. The summed E-state index contributed by atoms with van der Waals surface area (Å²) >= 11 is 0. The number of hydrogen-bond acceptors (Lipinski definition) is 3. The monoisotopic (exact) mass is 571 g/mol. The average Bonchev–Trinajstić information content (AvgIpc) is 3.03. The molecule has 0 radical (unpaired) electrons. The standard InChI is InChI=1S/C37H33NO3S/c1-3-41-35(27-38-42(39,40)34-25-19-28(2)20-26-34)29-21-23-33(24-22-29)37(32-17-11-6-12-18-32)36(30-13-7-4-8-14-30)31-15-9-5-10-16-31/h4-27,35H,3H2,1-2H3/b38-27+. The van der Waals surface area contributed by atoms with E-state index in [9.17, 15) is 8.42 Å². The van der Waals surface area contributed by atoms with E-state index in [1.54, 1.807) is 24.3 Å². The molecule has 0 heterocycles.